The van der Waals surface area contributed by atoms with Gasteiger partial charge in [0.25, 0.3) is 11.5 Å². The first kappa shape index (κ1) is 16.4. The number of carbonyl (C=O) groups is 2. The number of amides is 1. The molecule has 8 heteroatoms. The summed E-state index contributed by atoms with van der Waals surface area (Å²) in [5.41, 5.74) is 0.560. The molecule has 0 aliphatic rings. The van der Waals surface area contributed by atoms with Crippen molar-refractivity contribution in [1.29, 1.82) is 0 Å². The molecule has 0 fully saturated rings. The first-order chi connectivity index (χ1) is 12.1. The average molecular weight is 341 g/mol. The number of nitrogens with zero attached hydrogens (tertiary/aromatic N) is 2. The van der Waals surface area contributed by atoms with Crippen LogP contribution in [0.25, 0.3) is 22.1 Å². The van der Waals surface area contributed by atoms with Crippen molar-refractivity contribution in [2.45, 2.75) is 6.54 Å². The molecular weight excluding hydrogens is 326 g/mol. The summed E-state index contributed by atoms with van der Waals surface area (Å²) in [5.74, 6) is -1.18. The zero-order valence-corrected chi connectivity index (χ0v) is 13.2. The van der Waals surface area contributed by atoms with E-state index in [0.29, 0.717) is 11.1 Å². The maximum Gasteiger partial charge on any atom is 0.326 e. The summed E-state index contributed by atoms with van der Waals surface area (Å²) >= 11 is 0. The number of furan rings is 1. The van der Waals surface area contributed by atoms with E-state index >= 15 is 0 Å². The van der Waals surface area contributed by atoms with Crippen LogP contribution in [0.3, 0.4) is 0 Å². The van der Waals surface area contributed by atoms with Gasteiger partial charge in [-0.25, -0.2) is 4.98 Å². The van der Waals surface area contributed by atoms with Crippen LogP contribution in [-0.4, -0.2) is 34.6 Å². The fourth-order valence-corrected chi connectivity index (χ4v) is 2.30. The first-order valence-electron chi connectivity index (χ1n) is 7.50. The molecule has 0 unspecified atom stereocenters. The van der Waals surface area contributed by atoms with Crippen LogP contribution in [0, 0.1) is 0 Å². The number of benzene rings is 1. The predicted octanol–water partition coefficient (Wildman–Crippen LogP) is 0.988. The standard InChI is InChI=1S/C17H15N3O5/c1-2-7-18-13(21)9-24-14(22)8-20-10-19-15-11-5-3-4-6-12(11)25-16(15)17(20)23/h2-6,10H,1,7-9H2,(H,18,21). The van der Waals surface area contributed by atoms with Crippen molar-refractivity contribution in [2.24, 2.45) is 0 Å². The van der Waals surface area contributed by atoms with Crippen molar-refractivity contribution in [2.75, 3.05) is 13.2 Å². The van der Waals surface area contributed by atoms with Gasteiger partial charge in [0.15, 0.2) is 6.61 Å². The van der Waals surface area contributed by atoms with Crippen LogP contribution in [0.5, 0.6) is 0 Å². The topological polar surface area (TPSA) is 103 Å². The fraction of sp³-hybridized carbons (Fsp3) is 0.176. The third kappa shape index (κ3) is 3.42. The van der Waals surface area contributed by atoms with E-state index < -0.39 is 24.0 Å². The summed E-state index contributed by atoms with van der Waals surface area (Å²) < 4.78 is 11.4. The molecule has 0 saturated heterocycles. The van der Waals surface area contributed by atoms with E-state index in [9.17, 15) is 14.4 Å². The van der Waals surface area contributed by atoms with E-state index in [1.807, 2.05) is 6.07 Å². The number of hydrogen-bond acceptors (Lipinski definition) is 6. The zero-order valence-electron chi connectivity index (χ0n) is 13.2. The number of hydrogen-bond donors (Lipinski definition) is 1. The molecule has 0 aliphatic carbocycles. The lowest BCUT2D eigenvalue weighted by Crippen LogP contribution is -2.31. The minimum absolute atomic E-state index is 0.0697. The molecule has 128 valence electrons. The molecule has 8 nitrogen and oxygen atoms in total. The van der Waals surface area contributed by atoms with Crippen molar-refractivity contribution >= 4 is 33.9 Å². The SMILES string of the molecule is C=CCNC(=O)COC(=O)Cn1cnc2c(oc3ccccc32)c1=O. The summed E-state index contributed by atoms with van der Waals surface area (Å²) in [4.78, 5) is 39.8. The average Bonchev–Trinajstić information content (AvgIpc) is 3.00. The Kier molecular flexibility index (Phi) is 4.60. The molecule has 2 heterocycles. The summed E-state index contributed by atoms with van der Waals surface area (Å²) in [6, 6.07) is 7.14. The third-order valence-corrected chi connectivity index (χ3v) is 3.46. The Balaban J connectivity index is 1.75. The van der Waals surface area contributed by atoms with Gasteiger partial charge >= 0.3 is 5.97 Å². The van der Waals surface area contributed by atoms with E-state index in [4.69, 9.17) is 9.15 Å². The predicted molar refractivity (Wildman–Crippen MR) is 89.9 cm³/mol. The number of aromatic nitrogens is 2. The Morgan fingerprint density at radius 3 is 2.96 bits per heavy atom. The molecule has 25 heavy (non-hydrogen) atoms. The van der Waals surface area contributed by atoms with Gasteiger partial charge in [-0.1, -0.05) is 18.2 Å². The minimum atomic E-state index is -0.729. The summed E-state index contributed by atoms with van der Waals surface area (Å²) in [6.07, 6.45) is 2.76. The highest BCUT2D eigenvalue weighted by Gasteiger charge is 2.15. The smallest absolute Gasteiger partial charge is 0.326 e. The van der Waals surface area contributed by atoms with E-state index in [1.54, 1.807) is 18.2 Å². The number of nitrogens with one attached hydrogen (secondary N) is 1. The molecule has 0 saturated carbocycles. The molecule has 0 bridgehead atoms. The quantitative estimate of drug-likeness (QED) is 0.530. The number of fused-ring (bicyclic) bond motifs is 3. The zero-order chi connectivity index (χ0) is 17.8. The molecule has 3 rings (SSSR count). The summed E-state index contributed by atoms with van der Waals surface area (Å²) in [6.45, 7) is 2.94. The number of esters is 1. The molecule has 0 radical (unpaired) electrons. The molecule has 1 amide bonds. The molecule has 0 atom stereocenters. The highest BCUT2D eigenvalue weighted by atomic mass is 16.5. The van der Waals surface area contributed by atoms with Crippen LogP contribution in [0.4, 0.5) is 0 Å². The van der Waals surface area contributed by atoms with Crippen molar-refractivity contribution in [3.63, 3.8) is 0 Å². The van der Waals surface area contributed by atoms with Crippen LogP contribution >= 0.6 is 0 Å². The molecule has 1 N–H and O–H groups in total. The van der Waals surface area contributed by atoms with E-state index in [2.05, 4.69) is 16.9 Å². The lowest BCUT2D eigenvalue weighted by molar-refractivity contribution is -0.149. The Hall–Kier alpha value is -3.42. The lowest BCUT2D eigenvalue weighted by Gasteiger charge is -2.06. The maximum absolute atomic E-state index is 12.4. The van der Waals surface area contributed by atoms with Crippen LogP contribution in [0.1, 0.15) is 0 Å². The van der Waals surface area contributed by atoms with Crippen LogP contribution < -0.4 is 10.9 Å². The molecule has 0 spiro atoms. The van der Waals surface area contributed by atoms with Gasteiger partial charge in [0.1, 0.15) is 17.6 Å². The molecule has 1 aromatic carbocycles. The Bertz CT molecular complexity index is 1020. The number of ether oxygens (including phenoxy) is 1. The summed E-state index contributed by atoms with van der Waals surface area (Å²) in [5, 5.41) is 3.20. The van der Waals surface area contributed by atoms with Gasteiger partial charge in [-0.2, -0.15) is 0 Å². The van der Waals surface area contributed by atoms with Gasteiger partial charge in [0, 0.05) is 11.9 Å². The second-order valence-electron chi connectivity index (χ2n) is 5.21. The first-order valence-corrected chi connectivity index (χ1v) is 7.50. The summed E-state index contributed by atoms with van der Waals surface area (Å²) in [7, 11) is 0. The third-order valence-electron chi connectivity index (χ3n) is 3.46. The Labute approximate surface area is 141 Å². The Morgan fingerprint density at radius 2 is 2.16 bits per heavy atom. The van der Waals surface area contributed by atoms with E-state index in [1.165, 1.54) is 12.4 Å². The second-order valence-corrected chi connectivity index (χ2v) is 5.21. The maximum atomic E-state index is 12.4. The normalized spacial score (nSPS) is 10.7. The minimum Gasteiger partial charge on any atom is -0.454 e. The van der Waals surface area contributed by atoms with Gasteiger partial charge in [-0.3, -0.25) is 19.0 Å². The molecule has 0 aliphatic heterocycles. The van der Waals surface area contributed by atoms with Gasteiger partial charge in [0.05, 0.1) is 6.33 Å². The number of carbonyl (C=O) groups excluding carboxylic acids is 2. The van der Waals surface area contributed by atoms with Gasteiger partial charge in [0.2, 0.25) is 5.58 Å². The van der Waals surface area contributed by atoms with Crippen molar-refractivity contribution in [3.8, 4) is 0 Å². The van der Waals surface area contributed by atoms with Crippen LogP contribution in [0.15, 0.2) is 52.5 Å². The largest absolute Gasteiger partial charge is 0.454 e. The number of rotatable bonds is 6. The highest BCUT2D eigenvalue weighted by Crippen LogP contribution is 2.23. The molecule has 3 aromatic rings. The van der Waals surface area contributed by atoms with E-state index in [-0.39, 0.29) is 18.7 Å². The molecule has 2 aromatic heterocycles. The van der Waals surface area contributed by atoms with Crippen molar-refractivity contribution in [3.05, 3.63) is 53.6 Å². The van der Waals surface area contributed by atoms with Gasteiger partial charge in [-0.05, 0) is 12.1 Å². The number of para-hydroxylation sites is 1. The van der Waals surface area contributed by atoms with Crippen LogP contribution in [-0.2, 0) is 20.9 Å². The van der Waals surface area contributed by atoms with Gasteiger partial charge in [-0.15, -0.1) is 6.58 Å². The second kappa shape index (κ2) is 7.00. The monoisotopic (exact) mass is 341 g/mol. The Morgan fingerprint density at radius 1 is 1.36 bits per heavy atom. The van der Waals surface area contributed by atoms with Crippen molar-refractivity contribution in [1.82, 2.24) is 14.9 Å². The van der Waals surface area contributed by atoms with Crippen LogP contribution in [0.2, 0.25) is 0 Å². The molecular formula is C17H15N3O5. The fourth-order valence-electron chi connectivity index (χ4n) is 2.30. The van der Waals surface area contributed by atoms with Gasteiger partial charge < -0.3 is 14.5 Å². The highest BCUT2D eigenvalue weighted by molar-refractivity contribution is 6.01. The van der Waals surface area contributed by atoms with E-state index in [0.717, 1.165) is 9.95 Å². The lowest BCUT2D eigenvalue weighted by atomic mass is 10.2. The van der Waals surface area contributed by atoms with Crippen molar-refractivity contribution < 1.29 is 18.7 Å².